The summed E-state index contributed by atoms with van der Waals surface area (Å²) in [5.41, 5.74) is 14.7. The maximum absolute atomic E-state index is 10.5. The Labute approximate surface area is 313 Å². The van der Waals surface area contributed by atoms with Crippen LogP contribution in [0.4, 0.5) is 0 Å². The molecule has 10 rings (SSSR count). The summed E-state index contributed by atoms with van der Waals surface area (Å²) in [5.74, 6) is 1.83. The van der Waals surface area contributed by atoms with Gasteiger partial charge in [-0.2, -0.15) is 5.26 Å². The highest BCUT2D eigenvalue weighted by molar-refractivity contribution is 6.19. The lowest BCUT2D eigenvalue weighted by atomic mass is 9.88. The van der Waals surface area contributed by atoms with Gasteiger partial charge in [0.1, 0.15) is 0 Å². The molecule has 1 heterocycles. The fourth-order valence-electron chi connectivity index (χ4n) is 7.81. The van der Waals surface area contributed by atoms with E-state index in [-0.39, 0.29) is 0 Å². The predicted octanol–water partition coefficient (Wildman–Crippen LogP) is 12.5. The molecule has 0 amide bonds. The molecule has 0 unspecified atom stereocenters. The average Bonchev–Trinajstić information content (AvgIpc) is 3.59. The fraction of sp³-hybridized carbons (Fsp3) is 0. The third-order valence-corrected chi connectivity index (χ3v) is 10.4. The van der Waals surface area contributed by atoms with Crippen LogP contribution in [-0.4, -0.2) is 15.0 Å². The van der Waals surface area contributed by atoms with Gasteiger partial charge in [0.15, 0.2) is 17.5 Å². The van der Waals surface area contributed by atoms with Crippen LogP contribution < -0.4 is 0 Å². The average molecular weight is 687 g/mol. The molecule has 1 aliphatic carbocycles. The van der Waals surface area contributed by atoms with Crippen molar-refractivity contribution in [1.82, 2.24) is 15.0 Å². The summed E-state index contributed by atoms with van der Waals surface area (Å²) in [5, 5.41) is 13.0. The van der Waals surface area contributed by atoms with Crippen LogP contribution in [-0.2, 0) is 0 Å². The molecule has 4 heteroatoms. The number of rotatable bonds is 6. The SMILES string of the molecule is N#Cc1cc(-c2ccccc2-c2ccc3c4c(cccc24)-c2ccccc2-3)ccc1-c1ccc(-c2nc(-c3ccccc3)nc(-c3ccccc3)n2)cc1. The van der Waals surface area contributed by atoms with Gasteiger partial charge in [-0.3, -0.25) is 0 Å². The Balaban J connectivity index is 1.02. The van der Waals surface area contributed by atoms with E-state index in [1.54, 1.807) is 0 Å². The zero-order valence-corrected chi connectivity index (χ0v) is 29.1. The van der Waals surface area contributed by atoms with E-state index in [1.165, 1.54) is 38.6 Å². The molecule has 0 saturated carbocycles. The summed E-state index contributed by atoms with van der Waals surface area (Å²) >= 11 is 0. The highest BCUT2D eigenvalue weighted by Crippen LogP contribution is 2.50. The maximum atomic E-state index is 10.5. The Kier molecular flexibility index (Phi) is 7.49. The highest BCUT2D eigenvalue weighted by atomic mass is 15.0. The van der Waals surface area contributed by atoms with Gasteiger partial charge >= 0.3 is 0 Å². The predicted molar refractivity (Wildman–Crippen MR) is 219 cm³/mol. The molecule has 0 radical (unpaired) electrons. The van der Waals surface area contributed by atoms with Crippen LogP contribution in [0.15, 0.2) is 182 Å². The Hall–Kier alpha value is -7.48. The van der Waals surface area contributed by atoms with Crippen molar-refractivity contribution in [3.05, 3.63) is 188 Å². The van der Waals surface area contributed by atoms with E-state index in [9.17, 15) is 5.26 Å². The number of nitrogens with zero attached hydrogens (tertiary/aromatic N) is 4. The molecule has 0 atom stereocenters. The van der Waals surface area contributed by atoms with E-state index >= 15 is 0 Å². The highest BCUT2D eigenvalue weighted by Gasteiger charge is 2.23. The standard InChI is InChI=1S/C50H30N4/c51-31-37-30-36(39-16-7-8-17-40(39)43-28-29-46-42-19-10-9-18-41(42)44-20-11-21-45(43)47(44)46)26-27-38(37)32-22-24-35(25-23-32)50-53-48(33-12-3-1-4-13-33)52-49(54-50)34-14-5-2-6-15-34/h1-30H. The molecule has 4 nitrogen and oxygen atoms in total. The smallest absolute Gasteiger partial charge is 0.164 e. The molecule has 0 aliphatic heterocycles. The Morgan fingerprint density at radius 2 is 0.741 bits per heavy atom. The van der Waals surface area contributed by atoms with Crippen LogP contribution in [0.25, 0.3) is 101 Å². The summed E-state index contributed by atoms with van der Waals surface area (Å²) < 4.78 is 0. The molecule has 0 bridgehead atoms. The van der Waals surface area contributed by atoms with Crippen molar-refractivity contribution in [2.45, 2.75) is 0 Å². The molecule has 1 aliphatic rings. The summed E-state index contributed by atoms with van der Waals surface area (Å²) in [4.78, 5) is 14.6. The summed E-state index contributed by atoms with van der Waals surface area (Å²) in [7, 11) is 0. The molecule has 9 aromatic rings. The van der Waals surface area contributed by atoms with Crippen molar-refractivity contribution < 1.29 is 0 Å². The topological polar surface area (TPSA) is 62.5 Å². The van der Waals surface area contributed by atoms with Crippen molar-refractivity contribution in [3.63, 3.8) is 0 Å². The monoisotopic (exact) mass is 686 g/mol. The van der Waals surface area contributed by atoms with E-state index in [1.807, 2.05) is 91.0 Å². The van der Waals surface area contributed by atoms with E-state index in [4.69, 9.17) is 15.0 Å². The van der Waals surface area contributed by atoms with Gasteiger partial charge in [0.25, 0.3) is 0 Å². The van der Waals surface area contributed by atoms with Gasteiger partial charge in [-0.1, -0.05) is 176 Å². The first-order valence-corrected chi connectivity index (χ1v) is 18.0. The molecule has 54 heavy (non-hydrogen) atoms. The zero-order valence-electron chi connectivity index (χ0n) is 29.1. The lowest BCUT2D eigenvalue weighted by molar-refractivity contribution is 1.07. The van der Waals surface area contributed by atoms with Crippen molar-refractivity contribution in [2.75, 3.05) is 0 Å². The maximum Gasteiger partial charge on any atom is 0.164 e. The van der Waals surface area contributed by atoms with E-state index in [2.05, 4.69) is 97.1 Å². The Morgan fingerprint density at radius 3 is 1.33 bits per heavy atom. The van der Waals surface area contributed by atoms with Gasteiger partial charge in [-0.05, 0) is 72.5 Å². The molecule has 8 aromatic carbocycles. The Bertz CT molecular complexity index is 2840. The molecular formula is C50H30N4. The summed E-state index contributed by atoms with van der Waals surface area (Å²) in [6, 6.07) is 65.1. The third kappa shape index (κ3) is 5.27. The van der Waals surface area contributed by atoms with Gasteiger partial charge in [0, 0.05) is 16.7 Å². The second kappa shape index (κ2) is 12.9. The second-order valence-electron chi connectivity index (χ2n) is 13.5. The molecule has 250 valence electrons. The molecule has 0 N–H and O–H groups in total. The largest absolute Gasteiger partial charge is 0.208 e. The lowest BCUT2D eigenvalue weighted by Crippen LogP contribution is -2.00. The van der Waals surface area contributed by atoms with Crippen LogP contribution in [0.5, 0.6) is 0 Å². The number of nitriles is 1. The Morgan fingerprint density at radius 1 is 0.315 bits per heavy atom. The first kappa shape index (κ1) is 31.3. The number of fused-ring (bicyclic) bond motifs is 3. The van der Waals surface area contributed by atoms with E-state index in [0.717, 1.165) is 44.5 Å². The van der Waals surface area contributed by atoms with Crippen LogP contribution in [0.2, 0.25) is 0 Å². The second-order valence-corrected chi connectivity index (χ2v) is 13.5. The number of hydrogen-bond acceptors (Lipinski definition) is 4. The minimum atomic E-state index is 0.591. The van der Waals surface area contributed by atoms with Gasteiger partial charge < -0.3 is 0 Å². The van der Waals surface area contributed by atoms with Crippen LogP contribution in [0, 0.1) is 11.3 Å². The van der Waals surface area contributed by atoms with Crippen LogP contribution >= 0.6 is 0 Å². The number of benzene rings is 8. The first-order valence-electron chi connectivity index (χ1n) is 18.0. The minimum Gasteiger partial charge on any atom is -0.208 e. The van der Waals surface area contributed by atoms with Gasteiger partial charge in [-0.25, -0.2) is 15.0 Å². The fourth-order valence-corrected chi connectivity index (χ4v) is 7.81. The zero-order chi connectivity index (χ0) is 36.0. The van der Waals surface area contributed by atoms with E-state index in [0.29, 0.717) is 23.0 Å². The third-order valence-electron chi connectivity index (χ3n) is 10.4. The lowest BCUT2D eigenvalue weighted by Gasteiger charge is -2.15. The van der Waals surface area contributed by atoms with Gasteiger partial charge in [0.05, 0.1) is 11.6 Å². The van der Waals surface area contributed by atoms with Crippen LogP contribution in [0.1, 0.15) is 5.56 Å². The van der Waals surface area contributed by atoms with Crippen molar-refractivity contribution in [3.8, 4) is 95.9 Å². The van der Waals surface area contributed by atoms with Crippen molar-refractivity contribution in [1.29, 1.82) is 5.26 Å². The molecule has 0 fully saturated rings. The van der Waals surface area contributed by atoms with E-state index < -0.39 is 0 Å². The number of aromatic nitrogens is 3. The molecule has 1 aromatic heterocycles. The van der Waals surface area contributed by atoms with Crippen molar-refractivity contribution >= 4 is 10.8 Å². The molecular weight excluding hydrogens is 657 g/mol. The van der Waals surface area contributed by atoms with Crippen molar-refractivity contribution in [2.24, 2.45) is 0 Å². The number of hydrogen-bond donors (Lipinski definition) is 0. The first-order chi connectivity index (χ1) is 26.7. The molecule has 0 spiro atoms. The summed E-state index contributed by atoms with van der Waals surface area (Å²) in [6.07, 6.45) is 0. The van der Waals surface area contributed by atoms with Gasteiger partial charge in [0.2, 0.25) is 0 Å². The van der Waals surface area contributed by atoms with Gasteiger partial charge in [-0.15, -0.1) is 0 Å². The summed E-state index contributed by atoms with van der Waals surface area (Å²) in [6.45, 7) is 0. The molecule has 0 saturated heterocycles. The normalized spacial score (nSPS) is 11.3. The quantitative estimate of drug-likeness (QED) is 0.175. The van der Waals surface area contributed by atoms with Crippen LogP contribution in [0.3, 0.4) is 0 Å². The minimum absolute atomic E-state index is 0.591.